The predicted octanol–water partition coefficient (Wildman–Crippen LogP) is 3.75. The van der Waals surface area contributed by atoms with Crippen molar-refractivity contribution in [2.45, 2.75) is 25.9 Å². The van der Waals surface area contributed by atoms with Crippen molar-refractivity contribution in [2.75, 3.05) is 20.1 Å². The lowest BCUT2D eigenvalue weighted by atomic mass is 9.96. The van der Waals surface area contributed by atoms with E-state index >= 15 is 0 Å². The molecule has 2 aromatic carbocycles. The molecule has 1 saturated heterocycles. The molecule has 0 aliphatic carbocycles. The molecule has 0 radical (unpaired) electrons. The lowest BCUT2D eigenvalue weighted by Gasteiger charge is -2.33. The van der Waals surface area contributed by atoms with E-state index in [0.717, 1.165) is 24.9 Å². The number of benzene rings is 2. The van der Waals surface area contributed by atoms with Gasteiger partial charge in [-0.15, -0.1) is 0 Å². The van der Waals surface area contributed by atoms with Crippen molar-refractivity contribution < 1.29 is 13.7 Å². The summed E-state index contributed by atoms with van der Waals surface area (Å²) in [7, 11) is 1.86. The number of likely N-dealkylation sites (tertiary alicyclic amines) is 1. The zero-order valence-corrected chi connectivity index (χ0v) is 17.0. The molecule has 1 aromatic heterocycles. The normalized spacial score (nSPS) is 17.1. The molecule has 4 rings (SSSR count). The molecule has 0 saturated carbocycles. The molecule has 1 aliphatic heterocycles. The van der Waals surface area contributed by atoms with Crippen molar-refractivity contribution in [1.29, 1.82) is 0 Å². The molecule has 6 nitrogen and oxygen atoms in total. The third-order valence-electron chi connectivity index (χ3n) is 5.42. The zero-order chi connectivity index (χ0) is 20.9. The molecule has 7 heteroatoms. The summed E-state index contributed by atoms with van der Waals surface area (Å²) in [6.45, 7) is 2.67. The maximum absolute atomic E-state index is 13.1. The SMILES string of the molecule is CN(Cc1ccccc1)C(=O)C1CCCN(Cc2nc(-c3ccc(F)cc3)no2)C1. The van der Waals surface area contributed by atoms with Gasteiger partial charge in [-0.3, -0.25) is 9.69 Å². The Bertz CT molecular complexity index is 974. The van der Waals surface area contributed by atoms with Gasteiger partial charge in [-0.1, -0.05) is 35.5 Å². The van der Waals surface area contributed by atoms with Gasteiger partial charge in [0.15, 0.2) is 0 Å². The van der Waals surface area contributed by atoms with Gasteiger partial charge in [0.2, 0.25) is 17.6 Å². The van der Waals surface area contributed by atoms with Gasteiger partial charge in [0.1, 0.15) is 5.82 Å². The quantitative estimate of drug-likeness (QED) is 0.622. The Balaban J connectivity index is 1.35. The fourth-order valence-electron chi connectivity index (χ4n) is 3.87. The Morgan fingerprint density at radius 3 is 2.73 bits per heavy atom. The first-order valence-electron chi connectivity index (χ1n) is 10.2. The first kappa shape index (κ1) is 20.2. The van der Waals surface area contributed by atoms with Crippen LogP contribution in [0.3, 0.4) is 0 Å². The van der Waals surface area contributed by atoms with Crippen molar-refractivity contribution in [3.63, 3.8) is 0 Å². The number of carbonyl (C=O) groups excluding carboxylic acids is 1. The third kappa shape index (κ3) is 4.91. The van der Waals surface area contributed by atoms with E-state index in [1.807, 2.05) is 42.3 Å². The number of amides is 1. The van der Waals surface area contributed by atoms with E-state index < -0.39 is 0 Å². The van der Waals surface area contributed by atoms with Gasteiger partial charge in [-0.05, 0) is 49.2 Å². The molecule has 3 aromatic rings. The molecule has 1 aliphatic rings. The van der Waals surface area contributed by atoms with Crippen LogP contribution in [0.1, 0.15) is 24.3 Å². The van der Waals surface area contributed by atoms with Crippen LogP contribution in [0, 0.1) is 11.7 Å². The largest absolute Gasteiger partial charge is 0.341 e. The van der Waals surface area contributed by atoms with E-state index in [9.17, 15) is 9.18 Å². The smallest absolute Gasteiger partial charge is 0.241 e. The van der Waals surface area contributed by atoms with Gasteiger partial charge in [-0.25, -0.2) is 4.39 Å². The standard InChI is InChI=1S/C23H25FN4O2/c1-27(14-17-6-3-2-4-7-17)23(29)19-8-5-13-28(15-19)16-21-25-22(26-30-21)18-9-11-20(24)12-10-18/h2-4,6-7,9-12,19H,5,8,13-16H2,1H3. The second-order valence-corrected chi connectivity index (χ2v) is 7.77. The predicted molar refractivity (Wildman–Crippen MR) is 111 cm³/mol. The number of halogens is 1. The maximum Gasteiger partial charge on any atom is 0.241 e. The van der Waals surface area contributed by atoms with E-state index in [0.29, 0.717) is 36.9 Å². The molecular weight excluding hydrogens is 383 g/mol. The molecule has 1 unspecified atom stereocenters. The Labute approximate surface area is 175 Å². The summed E-state index contributed by atoms with van der Waals surface area (Å²) >= 11 is 0. The van der Waals surface area contributed by atoms with Crippen LogP contribution in [0.2, 0.25) is 0 Å². The highest BCUT2D eigenvalue weighted by Gasteiger charge is 2.29. The van der Waals surface area contributed by atoms with Crippen molar-refractivity contribution in [3.8, 4) is 11.4 Å². The first-order chi connectivity index (χ1) is 14.6. The maximum atomic E-state index is 13.1. The number of carbonyl (C=O) groups is 1. The van der Waals surface area contributed by atoms with Crippen LogP contribution in [-0.4, -0.2) is 46.0 Å². The van der Waals surface area contributed by atoms with Crippen LogP contribution >= 0.6 is 0 Å². The Morgan fingerprint density at radius 2 is 1.97 bits per heavy atom. The number of rotatable bonds is 6. The Morgan fingerprint density at radius 1 is 1.20 bits per heavy atom. The topological polar surface area (TPSA) is 62.5 Å². The summed E-state index contributed by atoms with van der Waals surface area (Å²) in [6.07, 6.45) is 1.84. The summed E-state index contributed by atoms with van der Waals surface area (Å²) < 4.78 is 18.5. The van der Waals surface area contributed by atoms with Crippen LogP contribution in [0.15, 0.2) is 59.1 Å². The van der Waals surface area contributed by atoms with E-state index in [2.05, 4.69) is 15.0 Å². The molecule has 1 fully saturated rings. The van der Waals surface area contributed by atoms with Gasteiger partial charge >= 0.3 is 0 Å². The average molecular weight is 408 g/mol. The van der Waals surface area contributed by atoms with E-state index in [4.69, 9.17) is 4.52 Å². The van der Waals surface area contributed by atoms with Gasteiger partial charge in [0.05, 0.1) is 12.5 Å². The Kier molecular flexibility index (Phi) is 6.18. The second-order valence-electron chi connectivity index (χ2n) is 7.77. The van der Waals surface area contributed by atoms with Crippen molar-refractivity contribution in [1.82, 2.24) is 19.9 Å². The molecule has 0 N–H and O–H groups in total. The monoisotopic (exact) mass is 408 g/mol. The number of piperidine rings is 1. The molecule has 30 heavy (non-hydrogen) atoms. The number of nitrogens with zero attached hydrogens (tertiary/aromatic N) is 4. The molecule has 1 amide bonds. The van der Waals surface area contributed by atoms with Gasteiger partial charge in [0.25, 0.3) is 0 Å². The highest BCUT2D eigenvalue weighted by molar-refractivity contribution is 5.79. The third-order valence-corrected chi connectivity index (χ3v) is 5.42. The molecule has 156 valence electrons. The lowest BCUT2D eigenvalue weighted by molar-refractivity contribution is -0.136. The zero-order valence-electron chi connectivity index (χ0n) is 17.0. The highest BCUT2D eigenvalue weighted by Crippen LogP contribution is 2.22. The first-order valence-corrected chi connectivity index (χ1v) is 10.2. The number of aromatic nitrogens is 2. The van der Waals surface area contributed by atoms with Crippen molar-refractivity contribution in [3.05, 3.63) is 71.9 Å². The van der Waals surface area contributed by atoms with Crippen LogP contribution < -0.4 is 0 Å². The summed E-state index contributed by atoms with van der Waals surface area (Å²) in [5.74, 6) is 0.772. The van der Waals surface area contributed by atoms with Crippen LogP contribution in [-0.2, 0) is 17.9 Å². The Hall–Kier alpha value is -3.06. The van der Waals surface area contributed by atoms with E-state index in [1.54, 1.807) is 12.1 Å². The minimum atomic E-state index is -0.302. The molecular formula is C23H25FN4O2. The van der Waals surface area contributed by atoms with Gasteiger partial charge in [-0.2, -0.15) is 4.98 Å². The fourth-order valence-corrected chi connectivity index (χ4v) is 3.87. The van der Waals surface area contributed by atoms with Crippen LogP contribution in [0.25, 0.3) is 11.4 Å². The lowest BCUT2D eigenvalue weighted by Crippen LogP contribution is -2.43. The van der Waals surface area contributed by atoms with Crippen molar-refractivity contribution >= 4 is 5.91 Å². The molecule has 1 atom stereocenters. The minimum absolute atomic E-state index is 0.0352. The van der Waals surface area contributed by atoms with Gasteiger partial charge in [0, 0.05) is 25.7 Å². The fraction of sp³-hybridized carbons (Fsp3) is 0.348. The average Bonchev–Trinajstić information content (AvgIpc) is 3.23. The number of hydrogen-bond donors (Lipinski definition) is 0. The molecule has 0 bridgehead atoms. The summed E-state index contributed by atoms with van der Waals surface area (Å²) in [5.41, 5.74) is 1.83. The summed E-state index contributed by atoms with van der Waals surface area (Å²) in [5, 5.41) is 4.00. The molecule has 2 heterocycles. The summed E-state index contributed by atoms with van der Waals surface area (Å²) in [4.78, 5) is 21.4. The van der Waals surface area contributed by atoms with Crippen LogP contribution in [0.5, 0.6) is 0 Å². The molecule has 0 spiro atoms. The van der Waals surface area contributed by atoms with E-state index in [-0.39, 0.29) is 17.6 Å². The van der Waals surface area contributed by atoms with Gasteiger partial charge < -0.3 is 9.42 Å². The summed E-state index contributed by atoms with van der Waals surface area (Å²) in [6, 6.07) is 16.0. The second kappa shape index (κ2) is 9.17. The minimum Gasteiger partial charge on any atom is -0.341 e. The highest BCUT2D eigenvalue weighted by atomic mass is 19.1. The van der Waals surface area contributed by atoms with Crippen molar-refractivity contribution in [2.24, 2.45) is 5.92 Å². The number of hydrogen-bond acceptors (Lipinski definition) is 5. The van der Waals surface area contributed by atoms with E-state index in [1.165, 1.54) is 12.1 Å². The van der Waals surface area contributed by atoms with Crippen LogP contribution in [0.4, 0.5) is 4.39 Å².